The highest BCUT2D eigenvalue weighted by Crippen LogP contribution is 2.19. The highest BCUT2D eigenvalue weighted by molar-refractivity contribution is 14.1. The molecular weight excluding hydrogens is 211 g/mol. The van der Waals surface area contributed by atoms with E-state index in [2.05, 4.69) is 47.7 Å². The molecule has 0 fully saturated rings. The van der Waals surface area contributed by atoms with E-state index in [0.29, 0.717) is 0 Å². The van der Waals surface area contributed by atoms with Crippen LogP contribution in [0.4, 0.5) is 0 Å². The predicted octanol–water partition coefficient (Wildman–Crippen LogP) is 2.90. The van der Waals surface area contributed by atoms with Gasteiger partial charge >= 0.3 is 0 Å². The third-order valence-corrected chi connectivity index (χ3v) is 2.07. The van der Waals surface area contributed by atoms with Crippen LogP contribution in [0.1, 0.15) is 13.3 Å². The van der Waals surface area contributed by atoms with Crippen LogP contribution >= 0.6 is 22.6 Å². The van der Waals surface area contributed by atoms with Gasteiger partial charge in [0.15, 0.2) is 0 Å². The highest BCUT2D eigenvalue weighted by Gasteiger charge is 1.98. The van der Waals surface area contributed by atoms with E-state index in [9.17, 15) is 0 Å². The Morgan fingerprint density at radius 2 is 2.50 bits per heavy atom. The second-order valence-electron chi connectivity index (χ2n) is 2.16. The number of rotatable bonds is 0. The van der Waals surface area contributed by atoms with Crippen molar-refractivity contribution >= 4 is 22.6 Å². The largest absolute Gasteiger partial charge is 0.0803 e. The molecule has 0 bridgehead atoms. The van der Waals surface area contributed by atoms with Crippen LogP contribution < -0.4 is 0 Å². The minimum absolute atomic E-state index is 0.758. The van der Waals surface area contributed by atoms with Crippen molar-refractivity contribution in [3.05, 3.63) is 21.8 Å². The van der Waals surface area contributed by atoms with E-state index in [1.165, 1.54) is 10.0 Å². The van der Waals surface area contributed by atoms with Crippen LogP contribution in [0.3, 0.4) is 0 Å². The summed E-state index contributed by atoms with van der Waals surface area (Å²) in [6.45, 7) is 2.23. The van der Waals surface area contributed by atoms with Crippen molar-refractivity contribution in [1.29, 1.82) is 0 Å². The topological polar surface area (TPSA) is 0 Å². The molecule has 0 saturated heterocycles. The van der Waals surface area contributed by atoms with Crippen LogP contribution in [-0.4, -0.2) is 0 Å². The van der Waals surface area contributed by atoms with E-state index in [-0.39, 0.29) is 0 Å². The second kappa shape index (κ2) is 2.67. The summed E-state index contributed by atoms with van der Waals surface area (Å²) in [5, 5.41) is 0. The quantitative estimate of drug-likeness (QED) is 0.550. The first-order chi connectivity index (χ1) is 3.79. The van der Waals surface area contributed by atoms with Crippen molar-refractivity contribution in [2.45, 2.75) is 13.3 Å². The Hall–Kier alpha value is 0.210. The van der Waals surface area contributed by atoms with E-state index in [1.54, 1.807) is 0 Å². The third kappa shape index (κ3) is 1.62. The molecule has 1 unspecified atom stereocenters. The van der Waals surface area contributed by atoms with Gasteiger partial charge in [-0.15, -0.1) is 0 Å². The molecule has 0 spiro atoms. The third-order valence-electron chi connectivity index (χ3n) is 1.27. The van der Waals surface area contributed by atoms with Crippen molar-refractivity contribution in [2.24, 2.45) is 5.92 Å². The molecule has 0 N–H and O–H groups in total. The van der Waals surface area contributed by atoms with Crippen molar-refractivity contribution in [2.75, 3.05) is 0 Å². The summed E-state index contributed by atoms with van der Waals surface area (Å²) in [4.78, 5) is 0. The van der Waals surface area contributed by atoms with Gasteiger partial charge in [0.05, 0.1) is 0 Å². The number of hydrogen-bond donors (Lipinski definition) is 0. The molecular formula is C7H9I. The average molecular weight is 220 g/mol. The summed E-state index contributed by atoms with van der Waals surface area (Å²) in [6.07, 6.45) is 7.91. The first-order valence-electron chi connectivity index (χ1n) is 2.83. The maximum absolute atomic E-state index is 2.34. The molecule has 0 aromatic carbocycles. The molecule has 1 aliphatic rings. The molecule has 8 heavy (non-hydrogen) atoms. The minimum atomic E-state index is 0.758. The van der Waals surface area contributed by atoms with Crippen LogP contribution in [0, 0.1) is 5.92 Å². The average Bonchev–Trinajstić information content (AvgIpc) is 1.77. The smallest absolute Gasteiger partial charge is 0.00871 e. The fraction of sp³-hybridized carbons (Fsp3) is 0.429. The molecule has 0 saturated carbocycles. The molecule has 0 aliphatic heterocycles. The van der Waals surface area contributed by atoms with Gasteiger partial charge in [-0.05, 0) is 34.9 Å². The monoisotopic (exact) mass is 220 g/mol. The lowest BCUT2D eigenvalue weighted by Crippen LogP contribution is -1.89. The van der Waals surface area contributed by atoms with Gasteiger partial charge in [0.2, 0.25) is 0 Å². The molecule has 1 aliphatic carbocycles. The highest BCUT2D eigenvalue weighted by atomic mass is 127. The second-order valence-corrected chi connectivity index (χ2v) is 3.41. The Morgan fingerprint density at radius 3 is 2.88 bits per heavy atom. The summed E-state index contributed by atoms with van der Waals surface area (Å²) in [7, 11) is 0. The summed E-state index contributed by atoms with van der Waals surface area (Å²) >= 11 is 2.34. The maximum Gasteiger partial charge on any atom is 0.00871 e. The molecule has 0 radical (unpaired) electrons. The normalized spacial score (nSPS) is 27.8. The Bertz CT molecular complexity index is 133. The molecule has 44 valence electrons. The standard InChI is InChI=1S/C7H9I/c1-6-2-4-7(8)5-3-6/h2,4-6H,3H2,1H3. The van der Waals surface area contributed by atoms with Gasteiger partial charge < -0.3 is 0 Å². The maximum atomic E-state index is 2.34. The van der Waals surface area contributed by atoms with Crippen LogP contribution in [0.15, 0.2) is 21.8 Å². The Balaban J connectivity index is 2.58. The molecule has 0 heterocycles. The summed E-state index contributed by atoms with van der Waals surface area (Å²) < 4.78 is 1.38. The van der Waals surface area contributed by atoms with Gasteiger partial charge in [0.1, 0.15) is 0 Å². The lowest BCUT2D eigenvalue weighted by molar-refractivity contribution is 0.736. The fourth-order valence-corrected chi connectivity index (χ4v) is 1.16. The first kappa shape index (κ1) is 6.33. The lowest BCUT2D eigenvalue weighted by atomic mass is 10.0. The molecule has 0 amide bonds. The zero-order valence-corrected chi connectivity index (χ0v) is 7.05. The van der Waals surface area contributed by atoms with Crippen molar-refractivity contribution < 1.29 is 0 Å². The van der Waals surface area contributed by atoms with Gasteiger partial charge in [0.25, 0.3) is 0 Å². The number of allylic oxidation sites excluding steroid dienone is 4. The van der Waals surface area contributed by atoms with Gasteiger partial charge in [-0.2, -0.15) is 0 Å². The summed E-state index contributed by atoms with van der Waals surface area (Å²) in [5.41, 5.74) is 0. The van der Waals surface area contributed by atoms with E-state index in [1.807, 2.05) is 0 Å². The number of hydrogen-bond acceptors (Lipinski definition) is 0. The van der Waals surface area contributed by atoms with Crippen molar-refractivity contribution in [3.8, 4) is 0 Å². The zero-order valence-electron chi connectivity index (χ0n) is 4.89. The predicted molar refractivity (Wildman–Crippen MR) is 45.0 cm³/mol. The zero-order chi connectivity index (χ0) is 5.98. The van der Waals surface area contributed by atoms with Gasteiger partial charge in [0, 0.05) is 3.58 Å². The molecule has 0 aromatic heterocycles. The number of halogens is 1. The van der Waals surface area contributed by atoms with Gasteiger partial charge in [-0.1, -0.05) is 25.2 Å². The lowest BCUT2D eigenvalue weighted by Gasteiger charge is -2.05. The van der Waals surface area contributed by atoms with E-state index in [0.717, 1.165) is 5.92 Å². The molecule has 1 rings (SSSR count). The molecule has 0 nitrogen and oxygen atoms in total. The van der Waals surface area contributed by atoms with Crippen LogP contribution in [-0.2, 0) is 0 Å². The fourth-order valence-electron chi connectivity index (χ4n) is 0.701. The molecule has 0 aromatic rings. The Kier molecular flexibility index (Phi) is 2.11. The van der Waals surface area contributed by atoms with Gasteiger partial charge in [-0.25, -0.2) is 0 Å². The summed E-state index contributed by atoms with van der Waals surface area (Å²) in [6, 6.07) is 0. The molecule has 1 heteroatoms. The van der Waals surface area contributed by atoms with E-state index in [4.69, 9.17) is 0 Å². The van der Waals surface area contributed by atoms with Gasteiger partial charge in [-0.3, -0.25) is 0 Å². The molecule has 1 atom stereocenters. The van der Waals surface area contributed by atoms with E-state index >= 15 is 0 Å². The Morgan fingerprint density at radius 1 is 1.75 bits per heavy atom. The Labute approximate surface area is 63.8 Å². The first-order valence-corrected chi connectivity index (χ1v) is 3.91. The van der Waals surface area contributed by atoms with Crippen LogP contribution in [0.5, 0.6) is 0 Å². The minimum Gasteiger partial charge on any atom is -0.0803 e. The van der Waals surface area contributed by atoms with Crippen LogP contribution in [0.2, 0.25) is 0 Å². The van der Waals surface area contributed by atoms with E-state index < -0.39 is 0 Å². The van der Waals surface area contributed by atoms with Crippen molar-refractivity contribution in [1.82, 2.24) is 0 Å². The van der Waals surface area contributed by atoms with Crippen molar-refractivity contribution in [3.63, 3.8) is 0 Å². The summed E-state index contributed by atoms with van der Waals surface area (Å²) in [5.74, 6) is 0.758. The SMILES string of the molecule is CC1C=CC(I)=CC1. The van der Waals surface area contributed by atoms with Crippen LogP contribution in [0.25, 0.3) is 0 Å².